The molecule has 2 atom stereocenters. The zero-order valence-electron chi connectivity index (χ0n) is 14.4. The second-order valence-corrected chi connectivity index (χ2v) is 7.90. The molecule has 6 nitrogen and oxygen atoms in total. The normalized spacial score (nSPS) is 15.1. The Bertz CT molecular complexity index is 1000. The Balaban J connectivity index is 1.86. The number of rotatable bonds is 5. The summed E-state index contributed by atoms with van der Waals surface area (Å²) in [4.78, 5) is 4.25. The van der Waals surface area contributed by atoms with Gasteiger partial charge in [-0.05, 0) is 42.8 Å². The fourth-order valence-corrected chi connectivity index (χ4v) is 4.01. The number of nitrogens with zero attached hydrogens (tertiary/aromatic N) is 1. The number of phenolic OH excluding ortho intramolecular Hbond substituents is 1. The van der Waals surface area contributed by atoms with E-state index < -0.39 is 17.4 Å². The Kier molecular flexibility index (Phi) is 5.01. The standard InChI is InChI=1S/C19H17ClN2O4S/c1-2-27(24)22-17(11-5-6-15-16(8-11)26-10-25-15)13-9-14(20)12-4-3-7-21-18(12)19(13)23/h3-9,17,22-23H,2,10H2,1H3. The average Bonchev–Trinajstić information content (AvgIpc) is 3.16. The first-order valence-electron chi connectivity index (χ1n) is 8.38. The maximum atomic E-state index is 12.3. The number of halogens is 1. The van der Waals surface area contributed by atoms with Crippen LogP contribution in [0, 0.1) is 0 Å². The lowest BCUT2D eigenvalue weighted by Crippen LogP contribution is -2.30. The van der Waals surface area contributed by atoms with Crippen molar-refractivity contribution in [2.75, 3.05) is 12.5 Å². The number of ether oxygens (including phenoxy) is 2. The van der Waals surface area contributed by atoms with Gasteiger partial charge in [-0.3, -0.25) is 4.98 Å². The van der Waals surface area contributed by atoms with E-state index in [0.29, 0.717) is 38.7 Å². The average molecular weight is 405 g/mol. The second-order valence-electron chi connectivity index (χ2n) is 5.99. The first-order chi connectivity index (χ1) is 13.1. The molecule has 0 saturated carbocycles. The molecule has 2 aromatic carbocycles. The van der Waals surface area contributed by atoms with Crippen molar-refractivity contribution in [3.8, 4) is 17.2 Å². The van der Waals surface area contributed by atoms with Crippen LogP contribution in [0.2, 0.25) is 5.02 Å². The van der Waals surface area contributed by atoms with Crippen LogP contribution in [0.3, 0.4) is 0 Å². The van der Waals surface area contributed by atoms with Crippen LogP contribution in [0.15, 0.2) is 42.6 Å². The minimum atomic E-state index is -1.30. The molecule has 2 N–H and O–H groups in total. The van der Waals surface area contributed by atoms with Gasteiger partial charge in [0.15, 0.2) is 11.5 Å². The predicted molar refractivity (Wildman–Crippen MR) is 105 cm³/mol. The molecule has 0 radical (unpaired) electrons. The minimum absolute atomic E-state index is 0.00160. The van der Waals surface area contributed by atoms with Crippen molar-refractivity contribution < 1.29 is 19.1 Å². The van der Waals surface area contributed by atoms with Gasteiger partial charge in [0, 0.05) is 28.5 Å². The summed E-state index contributed by atoms with van der Waals surface area (Å²) in [5.74, 6) is 1.67. The Morgan fingerprint density at radius 2 is 2.11 bits per heavy atom. The van der Waals surface area contributed by atoms with E-state index >= 15 is 0 Å². The van der Waals surface area contributed by atoms with E-state index in [0.717, 1.165) is 5.56 Å². The molecule has 8 heteroatoms. The van der Waals surface area contributed by atoms with E-state index in [1.807, 2.05) is 19.1 Å². The topological polar surface area (TPSA) is 86.7 Å². The van der Waals surface area contributed by atoms with Gasteiger partial charge in [-0.15, -0.1) is 4.72 Å². The molecule has 3 aromatic rings. The van der Waals surface area contributed by atoms with Gasteiger partial charge >= 0.3 is 0 Å². The van der Waals surface area contributed by atoms with E-state index in [9.17, 15) is 9.66 Å². The molecular formula is C19H17ClN2O4S. The third-order valence-electron chi connectivity index (χ3n) is 4.40. The zero-order chi connectivity index (χ0) is 19.0. The summed E-state index contributed by atoms with van der Waals surface area (Å²) < 4.78 is 26.1. The summed E-state index contributed by atoms with van der Waals surface area (Å²) in [5, 5.41) is 12.0. The Labute approximate surface area is 164 Å². The van der Waals surface area contributed by atoms with Crippen molar-refractivity contribution in [3.05, 3.63) is 58.7 Å². The van der Waals surface area contributed by atoms with Crippen molar-refractivity contribution >= 4 is 33.9 Å². The highest BCUT2D eigenvalue weighted by Gasteiger charge is 2.27. The van der Waals surface area contributed by atoms with E-state index in [-0.39, 0.29) is 12.5 Å². The first kappa shape index (κ1) is 18.2. The van der Waals surface area contributed by atoms with Gasteiger partial charge < -0.3 is 19.1 Å². The highest BCUT2D eigenvalue weighted by molar-refractivity contribution is 7.89. The largest absolute Gasteiger partial charge is 0.598 e. The molecule has 2 heterocycles. The van der Waals surface area contributed by atoms with Crippen molar-refractivity contribution in [1.82, 2.24) is 9.71 Å². The van der Waals surface area contributed by atoms with Gasteiger partial charge in [0.05, 0.1) is 5.02 Å². The van der Waals surface area contributed by atoms with Crippen LogP contribution in [0.25, 0.3) is 10.9 Å². The van der Waals surface area contributed by atoms with Crippen molar-refractivity contribution in [2.45, 2.75) is 13.0 Å². The number of phenols is 1. The van der Waals surface area contributed by atoms with E-state index in [4.69, 9.17) is 21.1 Å². The van der Waals surface area contributed by atoms with E-state index in [1.165, 1.54) is 0 Å². The molecule has 1 aromatic heterocycles. The van der Waals surface area contributed by atoms with Crippen molar-refractivity contribution in [2.24, 2.45) is 0 Å². The number of aromatic nitrogens is 1. The number of pyridine rings is 1. The molecule has 0 saturated heterocycles. The third kappa shape index (κ3) is 3.39. The number of fused-ring (bicyclic) bond motifs is 2. The molecule has 27 heavy (non-hydrogen) atoms. The number of aromatic hydroxyl groups is 1. The van der Waals surface area contributed by atoms with Gasteiger partial charge in [-0.25, -0.2) is 0 Å². The van der Waals surface area contributed by atoms with Crippen LogP contribution in [0.5, 0.6) is 17.2 Å². The van der Waals surface area contributed by atoms with Crippen LogP contribution in [-0.2, 0) is 11.4 Å². The molecular weight excluding hydrogens is 388 g/mol. The van der Waals surface area contributed by atoms with Gasteiger partial charge in [-0.2, -0.15) is 0 Å². The number of nitrogens with one attached hydrogen (secondary N) is 1. The van der Waals surface area contributed by atoms with Gasteiger partial charge in [0.25, 0.3) is 0 Å². The number of hydrogen-bond donors (Lipinski definition) is 2. The van der Waals surface area contributed by atoms with Gasteiger partial charge in [0.2, 0.25) is 6.79 Å². The summed E-state index contributed by atoms with van der Waals surface area (Å²) in [6.07, 6.45) is 1.59. The highest BCUT2D eigenvalue weighted by atomic mass is 35.5. The van der Waals surface area contributed by atoms with Crippen molar-refractivity contribution in [3.63, 3.8) is 0 Å². The monoisotopic (exact) mass is 404 g/mol. The first-order valence-corrected chi connectivity index (χ1v) is 10.1. The molecule has 4 rings (SSSR count). The third-order valence-corrected chi connectivity index (χ3v) is 5.73. The zero-order valence-corrected chi connectivity index (χ0v) is 16.0. The van der Waals surface area contributed by atoms with Crippen LogP contribution in [0.4, 0.5) is 0 Å². The Morgan fingerprint density at radius 1 is 1.30 bits per heavy atom. The fraction of sp³-hybridized carbons (Fsp3) is 0.211. The maximum absolute atomic E-state index is 12.3. The van der Waals surface area contributed by atoms with Gasteiger partial charge in [-0.1, -0.05) is 17.7 Å². The van der Waals surface area contributed by atoms with Crippen LogP contribution < -0.4 is 14.2 Å². The SMILES string of the molecule is CC[S+]([O-])NC(c1ccc2c(c1)OCO2)c1cc(Cl)c2cccnc2c1O. The molecule has 0 bridgehead atoms. The quantitative estimate of drug-likeness (QED) is 0.631. The number of benzene rings is 2. The second kappa shape index (κ2) is 7.44. The molecule has 0 spiro atoms. The summed E-state index contributed by atoms with van der Waals surface area (Å²) in [5.41, 5.74) is 1.66. The van der Waals surface area contributed by atoms with Crippen LogP contribution >= 0.6 is 11.6 Å². The molecule has 2 unspecified atom stereocenters. The minimum Gasteiger partial charge on any atom is -0.598 e. The van der Waals surface area contributed by atoms with Crippen LogP contribution in [0.1, 0.15) is 24.1 Å². The fourth-order valence-electron chi connectivity index (χ4n) is 3.04. The lowest BCUT2D eigenvalue weighted by Gasteiger charge is -2.22. The molecule has 140 valence electrons. The summed E-state index contributed by atoms with van der Waals surface area (Å²) in [6, 6.07) is 10.1. The molecule has 0 amide bonds. The molecule has 1 aliphatic heterocycles. The van der Waals surface area contributed by atoms with Crippen molar-refractivity contribution in [1.29, 1.82) is 0 Å². The summed E-state index contributed by atoms with van der Waals surface area (Å²) in [6.45, 7) is 1.98. The lowest BCUT2D eigenvalue weighted by atomic mass is 9.96. The van der Waals surface area contributed by atoms with E-state index in [2.05, 4.69) is 9.71 Å². The van der Waals surface area contributed by atoms with Crippen LogP contribution in [-0.4, -0.2) is 27.2 Å². The van der Waals surface area contributed by atoms with Gasteiger partial charge in [0.1, 0.15) is 23.1 Å². The predicted octanol–water partition coefficient (Wildman–Crippen LogP) is 3.69. The van der Waals surface area contributed by atoms with E-state index in [1.54, 1.807) is 30.5 Å². The highest BCUT2D eigenvalue weighted by Crippen LogP contribution is 2.41. The Morgan fingerprint density at radius 3 is 2.93 bits per heavy atom. The summed E-state index contributed by atoms with van der Waals surface area (Å²) >= 11 is 5.13. The molecule has 0 aliphatic carbocycles. The number of hydrogen-bond acceptors (Lipinski definition) is 6. The summed E-state index contributed by atoms with van der Waals surface area (Å²) in [7, 11) is 0. The smallest absolute Gasteiger partial charge is 0.231 e. The lowest BCUT2D eigenvalue weighted by molar-refractivity contribution is 0.174. The molecule has 0 fully saturated rings. The Hall–Kier alpha value is -2.19. The maximum Gasteiger partial charge on any atom is 0.231 e. The molecule has 1 aliphatic rings.